The monoisotopic (exact) mass is 190 g/mol. The summed E-state index contributed by atoms with van der Waals surface area (Å²) in [6.45, 7) is 2.60. The Balaban J connectivity index is 2.02. The van der Waals surface area contributed by atoms with E-state index in [1.807, 2.05) is 37.3 Å². The van der Waals surface area contributed by atoms with Crippen molar-refractivity contribution in [2.24, 2.45) is 0 Å². The molecular weight excluding hydrogens is 176 g/mol. The van der Waals surface area contributed by atoms with E-state index in [2.05, 4.69) is 12.1 Å². The molecule has 1 aliphatic rings. The molecule has 0 bridgehead atoms. The predicted molar refractivity (Wildman–Crippen MR) is 54.8 cm³/mol. The largest absolute Gasteiger partial charge is 0.346 e. The highest BCUT2D eigenvalue weighted by molar-refractivity contribution is 5.18. The number of hydrogen-bond acceptors (Lipinski definition) is 2. The van der Waals surface area contributed by atoms with Crippen molar-refractivity contribution in [3.8, 4) is 0 Å². The number of benzene rings is 1. The van der Waals surface area contributed by atoms with Crippen LogP contribution in [-0.4, -0.2) is 12.9 Å². The Morgan fingerprint density at radius 2 is 2.07 bits per heavy atom. The molecule has 1 aromatic carbocycles. The van der Waals surface area contributed by atoms with Crippen molar-refractivity contribution in [1.82, 2.24) is 0 Å². The minimum atomic E-state index is -0.176. The Morgan fingerprint density at radius 3 is 2.79 bits per heavy atom. The standard InChI is InChI=1S/C12H14O2/c1-2-6-12-13-9-11(14-12)10-7-4-3-5-8-10/h2-8,11-12H,9H2,1H3/b6-2+/t11-,12-/m1/s1. The van der Waals surface area contributed by atoms with Crippen molar-refractivity contribution >= 4 is 0 Å². The zero-order valence-electron chi connectivity index (χ0n) is 8.22. The van der Waals surface area contributed by atoms with Gasteiger partial charge in [0.15, 0.2) is 6.29 Å². The van der Waals surface area contributed by atoms with Gasteiger partial charge in [-0.2, -0.15) is 0 Å². The molecule has 1 aromatic rings. The summed E-state index contributed by atoms with van der Waals surface area (Å²) in [6, 6.07) is 10.2. The van der Waals surface area contributed by atoms with Gasteiger partial charge in [0.25, 0.3) is 0 Å². The average molecular weight is 190 g/mol. The molecule has 0 radical (unpaired) electrons. The molecule has 0 unspecified atom stereocenters. The molecule has 0 amide bonds. The van der Waals surface area contributed by atoms with Crippen molar-refractivity contribution in [2.75, 3.05) is 6.61 Å². The van der Waals surface area contributed by atoms with E-state index >= 15 is 0 Å². The molecule has 14 heavy (non-hydrogen) atoms. The third-order valence-corrected chi connectivity index (χ3v) is 2.23. The summed E-state index contributed by atoms with van der Waals surface area (Å²) in [5.41, 5.74) is 1.18. The van der Waals surface area contributed by atoms with Gasteiger partial charge >= 0.3 is 0 Å². The molecule has 1 aliphatic heterocycles. The highest BCUT2D eigenvalue weighted by atomic mass is 16.7. The summed E-state index contributed by atoms with van der Waals surface area (Å²) in [4.78, 5) is 0. The van der Waals surface area contributed by atoms with Crippen LogP contribution < -0.4 is 0 Å². The summed E-state index contributed by atoms with van der Waals surface area (Å²) >= 11 is 0. The highest BCUT2D eigenvalue weighted by Crippen LogP contribution is 2.26. The van der Waals surface area contributed by atoms with Crippen molar-refractivity contribution in [3.05, 3.63) is 48.0 Å². The molecule has 74 valence electrons. The molecule has 2 nitrogen and oxygen atoms in total. The Labute approximate surface area is 84.2 Å². The lowest BCUT2D eigenvalue weighted by Crippen LogP contribution is -2.03. The Morgan fingerprint density at radius 1 is 1.29 bits per heavy atom. The van der Waals surface area contributed by atoms with Gasteiger partial charge in [0.2, 0.25) is 0 Å². The summed E-state index contributed by atoms with van der Waals surface area (Å²) < 4.78 is 11.1. The molecule has 0 saturated carbocycles. The smallest absolute Gasteiger partial charge is 0.177 e. The van der Waals surface area contributed by atoms with Gasteiger partial charge in [0.1, 0.15) is 6.10 Å². The summed E-state index contributed by atoms with van der Waals surface area (Å²) in [7, 11) is 0. The molecule has 1 heterocycles. The van der Waals surface area contributed by atoms with Crippen molar-refractivity contribution < 1.29 is 9.47 Å². The van der Waals surface area contributed by atoms with Crippen LogP contribution >= 0.6 is 0 Å². The predicted octanol–water partition coefficient (Wildman–Crippen LogP) is 2.68. The third kappa shape index (κ3) is 2.03. The van der Waals surface area contributed by atoms with E-state index in [0.29, 0.717) is 6.61 Å². The van der Waals surface area contributed by atoms with Gasteiger partial charge in [-0.15, -0.1) is 0 Å². The SMILES string of the molecule is C/C=C/[C@@H]1OC[C@H](c2ccccc2)O1. The molecule has 2 rings (SSSR count). The number of ether oxygens (including phenoxy) is 2. The lowest BCUT2D eigenvalue weighted by atomic mass is 10.1. The quantitative estimate of drug-likeness (QED) is 0.667. The number of allylic oxidation sites excluding steroid dienone is 1. The Hall–Kier alpha value is -1.12. The van der Waals surface area contributed by atoms with Gasteiger partial charge in [-0.3, -0.25) is 0 Å². The maximum absolute atomic E-state index is 5.68. The van der Waals surface area contributed by atoms with Gasteiger partial charge < -0.3 is 9.47 Å². The molecule has 1 fully saturated rings. The zero-order valence-corrected chi connectivity index (χ0v) is 8.22. The van der Waals surface area contributed by atoms with Crippen LogP contribution in [0.25, 0.3) is 0 Å². The second-order valence-electron chi connectivity index (χ2n) is 3.26. The van der Waals surface area contributed by atoms with Crippen LogP contribution in [0.5, 0.6) is 0 Å². The molecule has 0 spiro atoms. The first-order valence-corrected chi connectivity index (χ1v) is 4.85. The van der Waals surface area contributed by atoms with Crippen LogP contribution in [0, 0.1) is 0 Å². The van der Waals surface area contributed by atoms with E-state index in [0.717, 1.165) is 0 Å². The lowest BCUT2D eigenvalue weighted by molar-refractivity contribution is -0.0201. The van der Waals surface area contributed by atoms with E-state index in [4.69, 9.17) is 9.47 Å². The number of rotatable bonds is 2. The minimum absolute atomic E-state index is 0.0809. The first kappa shape index (κ1) is 9.44. The molecular formula is C12H14O2. The van der Waals surface area contributed by atoms with Crippen LogP contribution in [-0.2, 0) is 9.47 Å². The molecule has 2 heteroatoms. The van der Waals surface area contributed by atoms with Gasteiger partial charge in [-0.1, -0.05) is 36.4 Å². The first-order chi connectivity index (χ1) is 6.90. The first-order valence-electron chi connectivity index (χ1n) is 4.85. The van der Waals surface area contributed by atoms with Crippen LogP contribution in [0.2, 0.25) is 0 Å². The van der Waals surface area contributed by atoms with Crippen LogP contribution in [0.15, 0.2) is 42.5 Å². The molecule has 0 aliphatic carbocycles. The van der Waals surface area contributed by atoms with Crippen LogP contribution in [0.1, 0.15) is 18.6 Å². The summed E-state index contributed by atoms with van der Waals surface area (Å²) in [5.74, 6) is 0. The topological polar surface area (TPSA) is 18.5 Å². The van der Waals surface area contributed by atoms with E-state index in [-0.39, 0.29) is 12.4 Å². The molecule has 2 atom stereocenters. The van der Waals surface area contributed by atoms with Gasteiger partial charge in [-0.25, -0.2) is 0 Å². The Bertz CT molecular complexity index is 305. The average Bonchev–Trinajstić information content (AvgIpc) is 2.68. The second-order valence-corrected chi connectivity index (χ2v) is 3.26. The van der Waals surface area contributed by atoms with Gasteiger partial charge in [0.05, 0.1) is 6.61 Å². The number of hydrogen-bond donors (Lipinski definition) is 0. The maximum Gasteiger partial charge on any atom is 0.177 e. The van der Waals surface area contributed by atoms with E-state index < -0.39 is 0 Å². The van der Waals surface area contributed by atoms with E-state index in [1.54, 1.807) is 0 Å². The maximum atomic E-state index is 5.68. The normalized spacial score (nSPS) is 27.2. The van der Waals surface area contributed by atoms with Crippen molar-refractivity contribution in [3.63, 3.8) is 0 Å². The zero-order chi connectivity index (χ0) is 9.80. The van der Waals surface area contributed by atoms with Gasteiger partial charge in [-0.05, 0) is 18.6 Å². The minimum Gasteiger partial charge on any atom is -0.346 e. The lowest BCUT2D eigenvalue weighted by Gasteiger charge is -2.08. The fraction of sp³-hybridized carbons (Fsp3) is 0.333. The summed E-state index contributed by atoms with van der Waals surface area (Å²) in [6.07, 6.45) is 3.77. The second kappa shape index (κ2) is 4.40. The van der Waals surface area contributed by atoms with Crippen LogP contribution in [0.3, 0.4) is 0 Å². The molecule has 0 aromatic heterocycles. The third-order valence-electron chi connectivity index (χ3n) is 2.23. The fourth-order valence-electron chi connectivity index (χ4n) is 1.52. The Kier molecular flexibility index (Phi) is 2.96. The summed E-state index contributed by atoms with van der Waals surface area (Å²) in [5, 5.41) is 0. The van der Waals surface area contributed by atoms with Crippen LogP contribution in [0.4, 0.5) is 0 Å². The van der Waals surface area contributed by atoms with Gasteiger partial charge in [0, 0.05) is 0 Å². The fourth-order valence-corrected chi connectivity index (χ4v) is 1.52. The van der Waals surface area contributed by atoms with Crippen molar-refractivity contribution in [2.45, 2.75) is 19.3 Å². The highest BCUT2D eigenvalue weighted by Gasteiger charge is 2.24. The van der Waals surface area contributed by atoms with E-state index in [9.17, 15) is 0 Å². The molecule has 0 N–H and O–H groups in total. The van der Waals surface area contributed by atoms with E-state index in [1.165, 1.54) is 5.56 Å². The van der Waals surface area contributed by atoms with Crippen molar-refractivity contribution in [1.29, 1.82) is 0 Å². The molecule has 1 saturated heterocycles.